The van der Waals surface area contributed by atoms with Crippen LogP contribution in [0.4, 0.5) is 5.69 Å². The molecule has 5 heteroatoms. The molecule has 0 spiro atoms. The van der Waals surface area contributed by atoms with E-state index in [4.69, 9.17) is 4.74 Å². The van der Waals surface area contributed by atoms with Crippen molar-refractivity contribution >= 4 is 26.5 Å². The fraction of sp³-hybridized carbons (Fsp3) is 0.0588. The van der Waals surface area contributed by atoms with E-state index in [1.807, 2.05) is 30.3 Å². The minimum Gasteiger partial charge on any atom is -0.496 e. The lowest BCUT2D eigenvalue weighted by Crippen LogP contribution is -2.13. The number of nitrogens with one attached hydrogen (secondary N) is 1. The maximum Gasteiger partial charge on any atom is 0.262 e. The Morgan fingerprint density at radius 1 is 0.909 bits per heavy atom. The van der Waals surface area contributed by atoms with Crippen LogP contribution >= 0.6 is 0 Å². The maximum absolute atomic E-state index is 12.5. The third-order valence-corrected chi connectivity index (χ3v) is 4.71. The van der Waals surface area contributed by atoms with E-state index in [0.29, 0.717) is 11.4 Å². The van der Waals surface area contributed by atoms with E-state index in [2.05, 4.69) is 4.72 Å². The maximum atomic E-state index is 12.5. The quantitative estimate of drug-likeness (QED) is 0.800. The van der Waals surface area contributed by atoms with Crippen LogP contribution in [0, 0.1) is 0 Å². The van der Waals surface area contributed by atoms with Gasteiger partial charge in [0.05, 0.1) is 12.0 Å². The Hall–Kier alpha value is -2.53. The summed E-state index contributed by atoms with van der Waals surface area (Å²) in [6.45, 7) is 0. The first kappa shape index (κ1) is 14.4. The molecule has 1 N–H and O–H groups in total. The zero-order valence-corrected chi connectivity index (χ0v) is 12.8. The number of hydrogen-bond donors (Lipinski definition) is 1. The van der Waals surface area contributed by atoms with Crippen molar-refractivity contribution in [3.63, 3.8) is 0 Å². The van der Waals surface area contributed by atoms with Crippen LogP contribution < -0.4 is 9.46 Å². The van der Waals surface area contributed by atoms with Crippen LogP contribution in [-0.4, -0.2) is 15.5 Å². The minimum absolute atomic E-state index is 0.173. The molecule has 0 aliphatic heterocycles. The van der Waals surface area contributed by atoms with E-state index in [1.54, 1.807) is 30.3 Å². The van der Waals surface area contributed by atoms with Crippen molar-refractivity contribution < 1.29 is 13.2 Å². The molecule has 0 heterocycles. The molecule has 0 radical (unpaired) electrons. The molecule has 0 unspecified atom stereocenters. The van der Waals surface area contributed by atoms with Crippen LogP contribution in [0.15, 0.2) is 71.6 Å². The first-order valence-electron chi connectivity index (χ1n) is 6.75. The summed E-state index contributed by atoms with van der Waals surface area (Å²) in [4.78, 5) is 0.173. The van der Waals surface area contributed by atoms with E-state index in [9.17, 15) is 8.42 Å². The Labute approximate surface area is 129 Å². The second kappa shape index (κ2) is 5.69. The molecule has 4 nitrogen and oxygen atoms in total. The molecule has 0 aliphatic carbocycles. The highest BCUT2D eigenvalue weighted by molar-refractivity contribution is 7.92. The second-order valence-corrected chi connectivity index (χ2v) is 6.50. The molecule has 0 amide bonds. The van der Waals surface area contributed by atoms with Crippen LogP contribution in [-0.2, 0) is 10.0 Å². The number of ether oxygens (including phenoxy) is 1. The van der Waals surface area contributed by atoms with E-state index in [0.717, 1.165) is 10.8 Å². The third kappa shape index (κ3) is 2.76. The molecule has 0 bridgehead atoms. The van der Waals surface area contributed by atoms with Gasteiger partial charge in [-0.2, -0.15) is 0 Å². The summed E-state index contributed by atoms with van der Waals surface area (Å²) in [7, 11) is -2.14. The van der Waals surface area contributed by atoms with Gasteiger partial charge in [-0.15, -0.1) is 0 Å². The first-order valence-corrected chi connectivity index (χ1v) is 8.23. The van der Waals surface area contributed by atoms with Crippen molar-refractivity contribution in [1.82, 2.24) is 0 Å². The van der Waals surface area contributed by atoms with Gasteiger partial charge in [-0.1, -0.05) is 42.5 Å². The highest BCUT2D eigenvalue weighted by Crippen LogP contribution is 2.30. The molecule has 0 atom stereocenters. The van der Waals surface area contributed by atoms with E-state index < -0.39 is 10.0 Å². The summed E-state index contributed by atoms with van der Waals surface area (Å²) in [6.07, 6.45) is 0. The Morgan fingerprint density at radius 3 is 2.32 bits per heavy atom. The van der Waals surface area contributed by atoms with Gasteiger partial charge in [0, 0.05) is 17.1 Å². The van der Waals surface area contributed by atoms with Gasteiger partial charge in [-0.05, 0) is 23.6 Å². The molecule has 0 saturated carbocycles. The topological polar surface area (TPSA) is 55.4 Å². The standard InChI is InChI=1S/C17H15NO3S/c1-21-17-12-15(11-13-7-5-6-10-16(13)17)22(19,20)18-14-8-3-2-4-9-14/h2-12,18H,1H3. The highest BCUT2D eigenvalue weighted by Gasteiger charge is 2.17. The average Bonchev–Trinajstić information content (AvgIpc) is 2.54. The molecule has 0 aliphatic rings. The monoisotopic (exact) mass is 313 g/mol. The van der Waals surface area contributed by atoms with Crippen LogP contribution in [0.5, 0.6) is 5.75 Å². The van der Waals surface area contributed by atoms with Crippen LogP contribution in [0.2, 0.25) is 0 Å². The number of sulfonamides is 1. The van der Waals surface area contributed by atoms with Crippen molar-refractivity contribution in [3.8, 4) is 5.75 Å². The lowest BCUT2D eigenvalue weighted by molar-refractivity contribution is 0.418. The molecule has 112 valence electrons. The zero-order chi connectivity index (χ0) is 15.6. The van der Waals surface area contributed by atoms with Crippen LogP contribution in [0.1, 0.15) is 0 Å². The number of methoxy groups -OCH3 is 1. The number of hydrogen-bond acceptors (Lipinski definition) is 3. The smallest absolute Gasteiger partial charge is 0.262 e. The normalized spacial score (nSPS) is 11.3. The molecular formula is C17H15NO3S. The number of anilines is 1. The number of fused-ring (bicyclic) bond motifs is 1. The number of para-hydroxylation sites is 1. The number of rotatable bonds is 4. The highest BCUT2D eigenvalue weighted by atomic mass is 32.2. The molecule has 0 saturated heterocycles. The largest absolute Gasteiger partial charge is 0.496 e. The Bertz CT molecular complexity index is 906. The lowest BCUT2D eigenvalue weighted by Gasteiger charge is -2.11. The van der Waals surface area contributed by atoms with Gasteiger partial charge < -0.3 is 4.74 Å². The summed E-state index contributed by atoms with van der Waals surface area (Å²) < 4.78 is 33.0. The Morgan fingerprint density at radius 2 is 1.59 bits per heavy atom. The summed E-state index contributed by atoms with van der Waals surface area (Å²) >= 11 is 0. The Kier molecular flexibility index (Phi) is 3.73. The van der Waals surface area contributed by atoms with Gasteiger partial charge in [-0.25, -0.2) is 8.42 Å². The van der Waals surface area contributed by atoms with Gasteiger partial charge in [0.2, 0.25) is 0 Å². The van der Waals surface area contributed by atoms with Gasteiger partial charge in [-0.3, -0.25) is 4.72 Å². The molecular weight excluding hydrogens is 298 g/mol. The van der Waals surface area contributed by atoms with Gasteiger partial charge >= 0.3 is 0 Å². The average molecular weight is 313 g/mol. The van der Waals surface area contributed by atoms with Crippen molar-refractivity contribution in [3.05, 3.63) is 66.7 Å². The molecule has 0 aromatic heterocycles. The van der Waals surface area contributed by atoms with Gasteiger partial charge in [0.15, 0.2) is 0 Å². The first-order chi connectivity index (χ1) is 10.6. The molecule has 3 aromatic carbocycles. The summed E-state index contributed by atoms with van der Waals surface area (Å²) in [5.74, 6) is 0.534. The fourth-order valence-electron chi connectivity index (χ4n) is 2.29. The van der Waals surface area contributed by atoms with Crippen molar-refractivity contribution in [2.75, 3.05) is 11.8 Å². The fourth-order valence-corrected chi connectivity index (χ4v) is 3.40. The predicted octanol–water partition coefficient (Wildman–Crippen LogP) is 3.65. The molecule has 3 rings (SSSR count). The van der Waals surface area contributed by atoms with E-state index >= 15 is 0 Å². The third-order valence-electron chi connectivity index (χ3n) is 3.35. The SMILES string of the molecule is COc1cc(S(=O)(=O)Nc2ccccc2)cc2ccccc12. The molecule has 0 fully saturated rings. The van der Waals surface area contributed by atoms with Crippen LogP contribution in [0.3, 0.4) is 0 Å². The van der Waals surface area contributed by atoms with Gasteiger partial charge in [0.1, 0.15) is 5.75 Å². The summed E-state index contributed by atoms with van der Waals surface area (Å²) in [5, 5.41) is 1.69. The summed E-state index contributed by atoms with van der Waals surface area (Å²) in [5.41, 5.74) is 0.523. The van der Waals surface area contributed by atoms with Gasteiger partial charge in [0.25, 0.3) is 10.0 Å². The van der Waals surface area contributed by atoms with Crippen molar-refractivity contribution in [2.24, 2.45) is 0 Å². The number of benzene rings is 3. The van der Waals surface area contributed by atoms with Crippen molar-refractivity contribution in [1.29, 1.82) is 0 Å². The lowest BCUT2D eigenvalue weighted by atomic mass is 10.1. The van der Waals surface area contributed by atoms with Crippen LogP contribution in [0.25, 0.3) is 10.8 Å². The van der Waals surface area contributed by atoms with E-state index in [-0.39, 0.29) is 4.90 Å². The zero-order valence-electron chi connectivity index (χ0n) is 12.0. The minimum atomic E-state index is -3.67. The van der Waals surface area contributed by atoms with E-state index in [1.165, 1.54) is 13.2 Å². The summed E-state index contributed by atoms with van der Waals surface area (Å²) in [6, 6.07) is 19.5. The second-order valence-electron chi connectivity index (χ2n) is 4.82. The molecule has 3 aromatic rings. The molecule has 22 heavy (non-hydrogen) atoms. The van der Waals surface area contributed by atoms with Crippen molar-refractivity contribution in [2.45, 2.75) is 4.90 Å². The Balaban J connectivity index is 2.09. The predicted molar refractivity (Wildman–Crippen MR) is 87.8 cm³/mol.